The molecular weight excluding hydrogens is 643 g/mol. The molecule has 1 aromatic rings. The minimum Gasteiger partial charge on any atom is -0.478 e. The Morgan fingerprint density at radius 1 is 0.625 bits per heavy atom. The smallest absolute Gasteiger partial charge is 0.460 e. The van der Waals surface area contributed by atoms with Crippen LogP contribution < -0.4 is 4.74 Å². The van der Waals surface area contributed by atoms with Gasteiger partial charge in [-0.25, -0.2) is 9.59 Å². The first kappa shape index (κ1) is 34.8. The summed E-state index contributed by atoms with van der Waals surface area (Å²) in [6.45, 7) is 0. The molecule has 0 spiro atoms. The van der Waals surface area contributed by atoms with Gasteiger partial charge in [-0.15, -0.1) is 0 Å². The Hall–Kier alpha value is -3.20. The number of halogens is 18. The molecule has 228 valence electrons. The van der Waals surface area contributed by atoms with Gasteiger partial charge in [0, 0.05) is 0 Å². The van der Waals surface area contributed by atoms with Crippen LogP contribution in [-0.4, -0.2) is 63.9 Å². The van der Waals surface area contributed by atoms with Crippen LogP contribution in [0.15, 0.2) is 24.0 Å². The highest BCUT2D eigenvalue weighted by Gasteiger charge is 2.93. The van der Waals surface area contributed by atoms with E-state index in [9.17, 15) is 84.2 Å². The van der Waals surface area contributed by atoms with E-state index in [0.29, 0.717) is 0 Å². The molecule has 0 heterocycles. The van der Waals surface area contributed by atoms with E-state index in [-0.39, 0.29) is 12.1 Å². The van der Waals surface area contributed by atoms with Crippen molar-refractivity contribution in [3.63, 3.8) is 0 Å². The highest BCUT2D eigenvalue weighted by molar-refractivity contribution is 6.34. The SMILES string of the molecule is O=C(O)c1cc(OC(F)=C(F)C(F)(F)C(F)(F)C(F)(F)C(F)(F)C(F)(F)C(F)(F)C(F)(F)F)c(C(=O)O)cc1Cl. The van der Waals surface area contributed by atoms with E-state index in [1.807, 2.05) is 0 Å². The van der Waals surface area contributed by atoms with Crippen LogP contribution in [-0.2, 0) is 0 Å². The third-order valence-electron chi connectivity index (χ3n) is 4.51. The van der Waals surface area contributed by atoms with Crippen LogP contribution in [0.3, 0.4) is 0 Å². The molecule has 0 bridgehead atoms. The molecule has 0 unspecified atom stereocenters. The number of benzene rings is 1. The number of alkyl halides is 15. The standard InChI is InChI=1S/C17H4ClF17O5/c18-5-1-4(10(38)39)6(2-3(5)9(36)37)40-8(20)7(19)11(21,22)12(23,24)13(25,26)14(27,28)15(29,30)16(31,32)17(33,34)35/h1-2H,(H,36,37)(H,38,39). The van der Waals surface area contributed by atoms with Crippen molar-refractivity contribution in [1.82, 2.24) is 0 Å². The summed E-state index contributed by atoms with van der Waals surface area (Å²) >= 11 is 5.32. The molecule has 23 heteroatoms. The maximum Gasteiger partial charge on any atom is 0.460 e. The first-order valence-electron chi connectivity index (χ1n) is 8.82. The van der Waals surface area contributed by atoms with Gasteiger partial charge in [-0.05, 0) is 12.1 Å². The zero-order valence-corrected chi connectivity index (χ0v) is 18.3. The number of aromatic carboxylic acids is 2. The molecule has 0 atom stereocenters. The van der Waals surface area contributed by atoms with Crippen molar-refractivity contribution in [3.05, 3.63) is 40.1 Å². The summed E-state index contributed by atoms with van der Waals surface area (Å²) in [7, 11) is 0. The summed E-state index contributed by atoms with van der Waals surface area (Å²) in [5.74, 6) is -62.0. The van der Waals surface area contributed by atoms with E-state index >= 15 is 0 Å². The second-order valence-electron chi connectivity index (χ2n) is 7.07. The highest BCUT2D eigenvalue weighted by atomic mass is 35.5. The van der Waals surface area contributed by atoms with Crippen LogP contribution in [0.2, 0.25) is 5.02 Å². The third kappa shape index (κ3) is 5.04. The summed E-state index contributed by atoms with van der Waals surface area (Å²) < 4.78 is 229. The van der Waals surface area contributed by atoms with Crippen LogP contribution in [0.4, 0.5) is 74.6 Å². The molecule has 0 aliphatic carbocycles. The van der Waals surface area contributed by atoms with Crippen molar-refractivity contribution in [2.75, 3.05) is 0 Å². The maximum atomic E-state index is 13.9. The Morgan fingerprint density at radius 2 is 1.00 bits per heavy atom. The predicted molar refractivity (Wildman–Crippen MR) is 91.0 cm³/mol. The fourth-order valence-corrected chi connectivity index (χ4v) is 2.58. The van der Waals surface area contributed by atoms with Gasteiger partial charge in [-0.1, -0.05) is 11.6 Å². The van der Waals surface area contributed by atoms with E-state index in [1.165, 1.54) is 0 Å². The zero-order valence-electron chi connectivity index (χ0n) is 17.6. The Labute approximate surface area is 211 Å². The molecule has 5 nitrogen and oxygen atoms in total. The topological polar surface area (TPSA) is 83.8 Å². The van der Waals surface area contributed by atoms with Gasteiger partial charge in [0.2, 0.25) is 5.83 Å². The van der Waals surface area contributed by atoms with E-state index in [0.717, 1.165) is 0 Å². The molecule has 2 N–H and O–H groups in total. The van der Waals surface area contributed by atoms with Gasteiger partial charge < -0.3 is 14.9 Å². The number of carbonyl (C=O) groups is 2. The minimum absolute atomic E-state index is 0.0399. The molecule has 0 aromatic heterocycles. The number of rotatable bonds is 10. The predicted octanol–water partition coefficient (Wildman–Crippen LogP) is 7.60. The second kappa shape index (κ2) is 10.0. The molecule has 0 fully saturated rings. The van der Waals surface area contributed by atoms with Gasteiger partial charge in [0.1, 0.15) is 11.3 Å². The molecule has 1 rings (SSSR count). The van der Waals surface area contributed by atoms with Gasteiger partial charge in [0.25, 0.3) is 0 Å². The summed E-state index contributed by atoms with van der Waals surface area (Å²) in [5.41, 5.74) is -2.88. The van der Waals surface area contributed by atoms with E-state index in [2.05, 4.69) is 4.74 Å². The molecule has 0 radical (unpaired) electrons. The Kier molecular flexibility index (Phi) is 8.72. The number of allylic oxidation sites excluding steroid dienone is 1. The molecule has 40 heavy (non-hydrogen) atoms. The normalized spacial score (nSPS) is 15.1. The van der Waals surface area contributed by atoms with Crippen molar-refractivity contribution in [2.45, 2.75) is 41.7 Å². The highest BCUT2D eigenvalue weighted by Crippen LogP contribution is 2.63. The van der Waals surface area contributed by atoms with Crippen LogP contribution in [0, 0.1) is 0 Å². The van der Waals surface area contributed by atoms with E-state index < -0.39 is 87.4 Å². The third-order valence-corrected chi connectivity index (χ3v) is 4.82. The molecular formula is C17H4ClF17O5. The number of carboxylic acids is 2. The van der Waals surface area contributed by atoms with Crippen LogP contribution >= 0.6 is 11.6 Å². The summed E-state index contributed by atoms with van der Waals surface area (Å²) in [6.07, 6.45) is -7.88. The van der Waals surface area contributed by atoms with Crippen molar-refractivity contribution in [3.8, 4) is 5.75 Å². The minimum atomic E-state index is -8.79. The first-order chi connectivity index (χ1) is 17.4. The molecule has 0 amide bonds. The summed E-state index contributed by atoms with van der Waals surface area (Å²) in [6, 6.07) is -4.13. The van der Waals surface area contributed by atoms with E-state index in [4.69, 9.17) is 21.8 Å². The average Bonchev–Trinajstić information content (AvgIpc) is 2.77. The van der Waals surface area contributed by atoms with Gasteiger partial charge in [-0.3, -0.25) is 0 Å². The molecule has 0 saturated carbocycles. The molecule has 0 aliphatic rings. The molecule has 0 aliphatic heterocycles. The van der Waals surface area contributed by atoms with Crippen molar-refractivity contribution in [2.24, 2.45) is 0 Å². The van der Waals surface area contributed by atoms with Crippen LogP contribution in [0.1, 0.15) is 20.7 Å². The Balaban J connectivity index is 3.77. The number of carboxylic acid groups (broad SMARTS) is 2. The number of hydrogen-bond acceptors (Lipinski definition) is 3. The van der Waals surface area contributed by atoms with Crippen molar-refractivity contribution in [1.29, 1.82) is 0 Å². The van der Waals surface area contributed by atoms with Gasteiger partial charge in [0.15, 0.2) is 0 Å². The Bertz CT molecular complexity index is 1220. The largest absolute Gasteiger partial charge is 0.478 e. The van der Waals surface area contributed by atoms with Crippen LogP contribution in [0.5, 0.6) is 5.75 Å². The maximum absolute atomic E-state index is 13.9. The van der Waals surface area contributed by atoms with Gasteiger partial charge in [0.05, 0.1) is 10.6 Å². The molecule has 0 saturated heterocycles. The fraction of sp³-hybridized carbons (Fsp3) is 0.412. The van der Waals surface area contributed by atoms with Crippen LogP contribution in [0.25, 0.3) is 0 Å². The summed E-state index contributed by atoms with van der Waals surface area (Å²) in [5, 5.41) is 16.7. The van der Waals surface area contributed by atoms with E-state index in [1.54, 1.807) is 0 Å². The van der Waals surface area contributed by atoms with Gasteiger partial charge in [-0.2, -0.15) is 74.6 Å². The Morgan fingerprint density at radius 3 is 1.38 bits per heavy atom. The number of hydrogen-bond donors (Lipinski definition) is 2. The van der Waals surface area contributed by atoms with Gasteiger partial charge >= 0.3 is 59.7 Å². The lowest BCUT2D eigenvalue weighted by atomic mass is 9.91. The average molecular weight is 647 g/mol. The lowest BCUT2D eigenvalue weighted by Gasteiger charge is -2.41. The monoisotopic (exact) mass is 646 g/mol. The zero-order chi connectivity index (χ0) is 32.2. The molecule has 1 aromatic carbocycles. The second-order valence-corrected chi connectivity index (χ2v) is 7.48. The number of ether oxygens (including phenoxy) is 1. The lowest BCUT2D eigenvalue weighted by molar-refractivity contribution is -0.451. The fourth-order valence-electron chi connectivity index (χ4n) is 2.34. The van der Waals surface area contributed by atoms with Crippen molar-refractivity contribution < 1.29 is 99.2 Å². The lowest BCUT2D eigenvalue weighted by Crippen LogP contribution is -2.72. The summed E-state index contributed by atoms with van der Waals surface area (Å²) in [4.78, 5) is 22.0. The van der Waals surface area contributed by atoms with Crippen molar-refractivity contribution >= 4 is 23.5 Å². The quantitative estimate of drug-likeness (QED) is 0.202. The first-order valence-corrected chi connectivity index (χ1v) is 9.20.